The molecule has 6 heteroatoms. The minimum Gasteiger partial charge on any atom is -0.465 e. The van der Waals surface area contributed by atoms with Gasteiger partial charge in [0.15, 0.2) is 0 Å². The summed E-state index contributed by atoms with van der Waals surface area (Å²) in [6.45, 7) is 1.51. The minimum atomic E-state index is -0.777. The fourth-order valence-corrected chi connectivity index (χ4v) is 1.96. The highest BCUT2D eigenvalue weighted by atomic mass is 16.5. The molecule has 0 atom stereocenters. The summed E-state index contributed by atoms with van der Waals surface area (Å²) in [7, 11) is 1.33. The topological polar surface area (TPSA) is 80.7 Å². The Hall–Kier alpha value is -1.66. The van der Waals surface area contributed by atoms with Crippen molar-refractivity contribution < 1.29 is 19.4 Å². The molecule has 1 aromatic rings. The van der Waals surface area contributed by atoms with E-state index < -0.39 is 11.6 Å². The molecule has 2 heterocycles. The number of aromatic nitrogens is 1. The second-order valence-electron chi connectivity index (χ2n) is 4.61. The first-order valence-corrected chi connectivity index (χ1v) is 6.21. The third-order valence-corrected chi connectivity index (χ3v) is 3.20. The van der Waals surface area contributed by atoms with Crippen LogP contribution in [0.3, 0.4) is 0 Å². The minimum absolute atomic E-state index is 0.383. The normalized spacial score (nSPS) is 17.8. The summed E-state index contributed by atoms with van der Waals surface area (Å²) >= 11 is 0. The van der Waals surface area contributed by atoms with Crippen molar-refractivity contribution in [2.45, 2.75) is 18.4 Å². The van der Waals surface area contributed by atoms with Gasteiger partial charge in [-0.25, -0.2) is 9.78 Å². The van der Waals surface area contributed by atoms with Crippen molar-refractivity contribution in [3.05, 3.63) is 23.9 Å². The number of nitrogens with one attached hydrogen (secondary N) is 1. The molecular weight excluding hydrogens is 248 g/mol. The third kappa shape index (κ3) is 3.65. The van der Waals surface area contributed by atoms with Crippen molar-refractivity contribution in [2.24, 2.45) is 0 Å². The molecule has 0 unspecified atom stereocenters. The monoisotopic (exact) mass is 266 g/mol. The molecule has 0 saturated carbocycles. The summed E-state index contributed by atoms with van der Waals surface area (Å²) in [5.41, 5.74) is -0.347. The molecule has 1 aliphatic rings. The average Bonchev–Trinajstić information content (AvgIpc) is 2.45. The first-order chi connectivity index (χ1) is 9.13. The number of rotatable bonds is 4. The van der Waals surface area contributed by atoms with E-state index in [4.69, 9.17) is 4.74 Å². The van der Waals surface area contributed by atoms with Crippen molar-refractivity contribution in [3.8, 4) is 0 Å². The Morgan fingerprint density at radius 2 is 2.32 bits per heavy atom. The van der Waals surface area contributed by atoms with Crippen LogP contribution in [0.15, 0.2) is 18.3 Å². The molecule has 1 saturated heterocycles. The van der Waals surface area contributed by atoms with Crippen molar-refractivity contribution in [1.29, 1.82) is 0 Å². The van der Waals surface area contributed by atoms with E-state index in [9.17, 15) is 9.90 Å². The van der Waals surface area contributed by atoms with Crippen LogP contribution < -0.4 is 5.32 Å². The second kappa shape index (κ2) is 5.99. The van der Waals surface area contributed by atoms with Crippen molar-refractivity contribution >= 4 is 11.8 Å². The quantitative estimate of drug-likeness (QED) is 0.785. The molecule has 1 aliphatic heterocycles. The predicted molar refractivity (Wildman–Crippen MR) is 69.1 cm³/mol. The zero-order valence-electron chi connectivity index (χ0n) is 10.9. The Labute approximate surface area is 111 Å². The highest BCUT2D eigenvalue weighted by Gasteiger charge is 2.29. The van der Waals surface area contributed by atoms with Crippen LogP contribution in [0.5, 0.6) is 0 Å². The van der Waals surface area contributed by atoms with Crippen LogP contribution in [0.1, 0.15) is 23.2 Å². The van der Waals surface area contributed by atoms with E-state index in [1.54, 1.807) is 12.1 Å². The molecule has 2 N–H and O–H groups in total. The molecule has 19 heavy (non-hydrogen) atoms. The smallest absolute Gasteiger partial charge is 0.338 e. The predicted octanol–water partition coefficient (Wildman–Crippen LogP) is 0.822. The molecule has 0 bridgehead atoms. The van der Waals surface area contributed by atoms with Gasteiger partial charge in [0.2, 0.25) is 0 Å². The number of hydrogen-bond donors (Lipinski definition) is 2. The lowest BCUT2D eigenvalue weighted by molar-refractivity contribution is -0.0543. The van der Waals surface area contributed by atoms with E-state index in [2.05, 4.69) is 15.0 Å². The highest BCUT2D eigenvalue weighted by Crippen LogP contribution is 2.21. The number of esters is 1. The lowest BCUT2D eigenvalue weighted by atomic mass is 9.94. The Morgan fingerprint density at radius 1 is 1.58 bits per heavy atom. The Morgan fingerprint density at radius 3 is 3.00 bits per heavy atom. The van der Waals surface area contributed by atoms with E-state index >= 15 is 0 Å². The van der Waals surface area contributed by atoms with Gasteiger partial charge >= 0.3 is 5.97 Å². The van der Waals surface area contributed by atoms with E-state index in [0.717, 1.165) is 0 Å². The summed E-state index contributed by atoms with van der Waals surface area (Å²) < 4.78 is 9.86. The number of hydrogen-bond acceptors (Lipinski definition) is 6. The van der Waals surface area contributed by atoms with E-state index in [1.807, 2.05) is 0 Å². The first-order valence-electron chi connectivity index (χ1n) is 6.21. The summed E-state index contributed by atoms with van der Waals surface area (Å²) in [4.78, 5) is 15.5. The van der Waals surface area contributed by atoms with Gasteiger partial charge in [-0.2, -0.15) is 0 Å². The largest absolute Gasteiger partial charge is 0.465 e. The first kappa shape index (κ1) is 13.8. The molecule has 0 aromatic carbocycles. The highest BCUT2D eigenvalue weighted by molar-refractivity contribution is 5.89. The molecule has 0 aliphatic carbocycles. The maximum absolute atomic E-state index is 11.4. The molecule has 6 nitrogen and oxygen atoms in total. The number of methoxy groups -OCH3 is 1. The van der Waals surface area contributed by atoms with Gasteiger partial charge < -0.3 is 19.9 Å². The van der Waals surface area contributed by atoms with Crippen LogP contribution in [-0.2, 0) is 9.47 Å². The summed E-state index contributed by atoms with van der Waals surface area (Å²) in [6, 6.07) is 3.19. The van der Waals surface area contributed by atoms with Gasteiger partial charge in [0.1, 0.15) is 5.82 Å². The SMILES string of the molecule is COC(=O)c1ccnc(NCC2(O)CCOCC2)c1. The summed E-state index contributed by atoms with van der Waals surface area (Å²) in [5, 5.41) is 13.3. The summed E-state index contributed by atoms with van der Waals surface area (Å²) in [6.07, 6.45) is 2.72. The van der Waals surface area contributed by atoms with Crippen LogP contribution in [-0.4, -0.2) is 48.5 Å². The summed E-state index contributed by atoms with van der Waals surface area (Å²) in [5.74, 6) is 0.137. The number of ether oxygens (including phenoxy) is 2. The molecule has 0 amide bonds. The molecule has 2 rings (SSSR count). The van der Waals surface area contributed by atoms with Gasteiger partial charge in [-0.3, -0.25) is 0 Å². The van der Waals surface area contributed by atoms with Gasteiger partial charge in [-0.15, -0.1) is 0 Å². The van der Waals surface area contributed by atoms with Crippen molar-refractivity contribution in [1.82, 2.24) is 4.98 Å². The van der Waals surface area contributed by atoms with Gasteiger partial charge in [0.05, 0.1) is 18.3 Å². The van der Waals surface area contributed by atoms with Crippen LogP contribution in [0.4, 0.5) is 5.82 Å². The number of anilines is 1. The van der Waals surface area contributed by atoms with Gasteiger partial charge in [0, 0.05) is 38.8 Å². The fourth-order valence-electron chi connectivity index (χ4n) is 1.96. The van der Waals surface area contributed by atoms with Crippen molar-refractivity contribution in [3.63, 3.8) is 0 Å². The molecule has 1 fully saturated rings. The number of aliphatic hydroxyl groups is 1. The zero-order chi connectivity index (χ0) is 13.7. The molecule has 0 radical (unpaired) electrons. The maximum Gasteiger partial charge on any atom is 0.338 e. The van der Waals surface area contributed by atoms with Crippen LogP contribution in [0.2, 0.25) is 0 Å². The average molecular weight is 266 g/mol. The fraction of sp³-hybridized carbons (Fsp3) is 0.538. The van der Waals surface area contributed by atoms with Gasteiger partial charge in [0.25, 0.3) is 0 Å². The van der Waals surface area contributed by atoms with E-state index in [1.165, 1.54) is 13.3 Å². The third-order valence-electron chi connectivity index (χ3n) is 3.20. The van der Waals surface area contributed by atoms with Crippen LogP contribution in [0, 0.1) is 0 Å². The molecular formula is C13H18N2O4. The Balaban J connectivity index is 1.97. The lowest BCUT2D eigenvalue weighted by Gasteiger charge is -2.32. The Kier molecular flexibility index (Phi) is 4.34. The number of nitrogens with zero attached hydrogens (tertiary/aromatic N) is 1. The number of carbonyl (C=O) groups excluding carboxylic acids is 1. The lowest BCUT2D eigenvalue weighted by Crippen LogP contribution is -2.42. The molecule has 1 aromatic heterocycles. The van der Waals surface area contributed by atoms with Gasteiger partial charge in [-0.05, 0) is 12.1 Å². The number of carbonyl (C=O) groups is 1. The Bertz CT molecular complexity index is 444. The van der Waals surface area contributed by atoms with Crippen LogP contribution in [0.25, 0.3) is 0 Å². The zero-order valence-corrected chi connectivity index (χ0v) is 10.9. The van der Waals surface area contributed by atoms with E-state index in [-0.39, 0.29) is 0 Å². The van der Waals surface area contributed by atoms with E-state index in [0.29, 0.717) is 44.0 Å². The second-order valence-corrected chi connectivity index (χ2v) is 4.61. The van der Waals surface area contributed by atoms with Crippen molar-refractivity contribution in [2.75, 3.05) is 32.2 Å². The van der Waals surface area contributed by atoms with Gasteiger partial charge in [-0.1, -0.05) is 0 Å². The standard InChI is InChI=1S/C13H18N2O4/c1-18-12(16)10-2-5-14-11(8-10)15-9-13(17)3-6-19-7-4-13/h2,5,8,17H,3-4,6-7,9H2,1H3,(H,14,15). The maximum atomic E-state index is 11.4. The van der Waals surface area contributed by atoms with Crippen LogP contribution >= 0.6 is 0 Å². The molecule has 0 spiro atoms. The number of pyridine rings is 1. The molecule has 104 valence electrons.